The summed E-state index contributed by atoms with van der Waals surface area (Å²) in [6, 6.07) is 7.92. The molecule has 0 aromatic heterocycles. The van der Waals surface area contributed by atoms with Crippen molar-refractivity contribution in [2.75, 3.05) is 0 Å². The van der Waals surface area contributed by atoms with Crippen LogP contribution >= 0.6 is 0 Å². The molecule has 0 radical (unpaired) electrons. The summed E-state index contributed by atoms with van der Waals surface area (Å²) in [5.74, 6) is 7.76. The summed E-state index contributed by atoms with van der Waals surface area (Å²) in [5, 5.41) is 9.05. The highest BCUT2D eigenvalue weighted by atomic mass is 15.4. The van der Waals surface area contributed by atoms with Crippen molar-refractivity contribution < 1.29 is 0 Å². The van der Waals surface area contributed by atoms with Crippen LogP contribution in [-0.4, -0.2) is 81.4 Å². The predicted octanol–water partition coefficient (Wildman–Crippen LogP) is 15.7. The Bertz CT molecular complexity index is 1370. The minimum atomic E-state index is 0.551. The van der Waals surface area contributed by atoms with Gasteiger partial charge in [0.05, 0.1) is 12.3 Å². The number of nitrogens with one attached hydrogen (secondary N) is 2. The number of fused-ring (bicyclic) bond motifs is 3. The Morgan fingerprint density at radius 3 is 0.986 bits per heavy atom. The van der Waals surface area contributed by atoms with E-state index in [0.717, 1.165) is 102 Å². The normalized spacial score (nSPS) is 43.0. The van der Waals surface area contributed by atoms with E-state index in [4.69, 9.17) is 0 Å². The molecule has 2 aliphatic heterocycles. The van der Waals surface area contributed by atoms with Gasteiger partial charge in [0.1, 0.15) is 0 Å². The van der Waals surface area contributed by atoms with E-state index in [1.165, 1.54) is 238 Å². The van der Waals surface area contributed by atoms with E-state index >= 15 is 0 Å². The number of hydrogen-bond acceptors (Lipinski definition) is 5. The SMILES string of the molecule is C1CCC(C2CC(N3C4CCC(C5CCC(N(C6CCCCC6)C6CCCCC6)CC5)CC4C4CC(C5CCC(N(C6CCCCC6)C6CCCCC6)CC5)CCC43)NC(C3CCCCC3)N2)CC1. The Morgan fingerprint density at radius 2 is 0.594 bits per heavy atom. The second kappa shape index (κ2) is 23.8. The Balaban J connectivity index is 0.758. The van der Waals surface area contributed by atoms with Gasteiger partial charge >= 0.3 is 0 Å². The first-order chi connectivity index (χ1) is 34.2. The van der Waals surface area contributed by atoms with Crippen LogP contribution in [0.15, 0.2) is 0 Å². The van der Waals surface area contributed by atoms with Crippen LogP contribution in [0.3, 0.4) is 0 Å². The minimum absolute atomic E-state index is 0.551. The lowest BCUT2D eigenvalue weighted by molar-refractivity contribution is -0.0134. The molecule has 2 heterocycles. The van der Waals surface area contributed by atoms with Crippen LogP contribution in [0.1, 0.15) is 289 Å². The third-order valence-corrected chi connectivity index (χ3v) is 24.7. The Labute approximate surface area is 426 Å². The summed E-state index contributed by atoms with van der Waals surface area (Å²) < 4.78 is 0. The fraction of sp³-hybridized carbons (Fsp3) is 1.00. The lowest BCUT2D eigenvalue weighted by Gasteiger charge is -2.52. The summed E-state index contributed by atoms with van der Waals surface area (Å²) in [5.41, 5.74) is 0. The first kappa shape index (κ1) is 49.7. The molecule has 10 aliphatic carbocycles. The summed E-state index contributed by atoms with van der Waals surface area (Å²) in [6.07, 6.45) is 69.2. The maximum absolute atomic E-state index is 4.59. The van der Waals surface area contributed by atoms with E-state index in [2.05, 4.69) is 25.3 Å². The van der Waals surface area contributed by atoms with Gasteiger partial charge in [-0.2, -0.15) is 0 Å². The highest BCUT2D eigenvalue weighted by Crippen LogP contribution is 2.57. The largest absolute Gasteiger partial charge is 0.298 e. The van der Waals surface area contributed by atoms with Crippen LogP contribution in [0.4, 0.5) is 0 Å². The van der Waals surface area contributed by atoms with Gasteiger partial charge in [0.25, 0.3) is 0 Å². The average molecular weight is 951 g/mol. The maximum Gasteiger partial charge on any atom is 0.0629 e. The lowest BCUT2D eigenvalue weighted by Crippen LogP contribution is -2.68. The van der Waals surface area contributed by atoms with Gasteiger partial charge in [0, 0.05) is 54.4 Å². The molecule has 2 N–H and O–H groups in total. The van der Waals surface area contributed by atoms with E-state index in [9.17, 15) is 0 Å². The molecule has 392 valence electrons. The molecule has 9 atom stereocenters. The van der Waals surface area contributed by atoms with Crippen molar-refractivity contribution in [1.82, 2.24) is 25.3 Å². The standard InChI is InChI=1S/C64H111N5/c1-7-19-48(20-8-1)60-45-63(66-64(65-60)49-21-9-2-10-22-49)69-61-41-35-50(46-31-37-56(38-32-46)67(52-23-11-3-12-24-52)53-25-13-4-14-26-53)43-58(61)59-44-51(36-42-62(59)69)47-33-39-57(40-34-47)68(54-27-15-5-16-28-54)55-29-17-6-18-30-55/h46-66H,1-45H2. The second-order valence-electron chi connectivity index (χ2n) is 28.2. The van der Waals surface area contributed by atoms with Gasteiger partial charge in [-0.3, -0.25) is 25.3 Å². The number of rotatable bonds is 11. The quantitative estimate of drug-likeness (QED) is 0.216. The van der Waals surface area contributed by atoms with Gasteiger partial charge in [-0.15, -0.1) is 0 Å². The van der Waals surface area contributed by atoms with Crippen molar-refractivity contribution in [1.29, 1.82) is 0 Å². The number of nitrogens with zero attached hydrogens (tertiary/aromatic N) is 3. The number of likely N-dealkylation sites (tertiary alicyclic amines) is 1. The summed E-state index contributed by atoms with van der Waals surface area (Å²) >= 11 is 0. The fourth-order valence-electron chi connectivity index (χ4n) is 21.4. The van der Waals surface area contributed by atoms with Crippen LogP contribution < -0.4 is 10.6 Å². The third-order valence-electron chi connectivity index (χ3n) is 24.7. The topological polar surface area (TPSA) is 33.8 Å². The van der Waals surface area contributed by atoms with Gasteiger partial charge in [-0.1, -0.05) is 116 Å². The van der Waals surface area contributed by atoms with Crippen molar-refractivity contribution in [3.8, 4) is 0 Å². The van der Waals surface area contributed by atoms with Crippen LogP contribution in [0, 0.1) is 47.3 Å². The molecule has 0 spiro atoms. The average Bonchev–Trinajstić information content (AvgIpc) is 3.76. The molecule has 12 fully saturated rings. The molecule has 0 aromatic rings. The highest BCUT2D eigenvalue weighted by Gasteiger charge is 2.57. The predicted molar refractivity (Wildman–Crippen MR) is 289 cm³/mol. The molecule has 10 saturated carbocycles. The zero-order chi connectivity index (χ0) is 45.9. The molecule has 0 bridgehead atoms. The third kappa shape index (κ3) is 11.2. The molecule has 0 amide bonds. The molecular weight excluding hydrogens is 839 g/mol. The smallest absolute Gasteiger partial charge is 0.0629 e. The molecule has 5 nitrogen and oxygen atoms in total. The van der Waals surface area contributed by atoms with E-state index in [1.807, 2.05) is 0 Å². The molecule has 69 heavy (non-hydrogen) atoms. The molecule has 9 unspecified atom stereocenters. The van der Waals surface area contributed by atoms with E-state index in [0.29, 0.717) is 12.3 Å². The van der Waals surface area contributed by atoms with Gasteiger partial charge in [-0.05, 0) is 221 Å². The zero-order valence-electron chi connectivity index (χ0n) is 45.1. The molecular formula is C64H111N5. The van der Waals surface area contributed by atoms with Crippen molar-refractivity contribution in [3.63, 3.8) is 0 Å². The van der Waals surface area contributed by atoms with E-state index < -0.39 is 0 Å². The summed E-state index contributed by atoms with van der Waals surface area (Å²) in [7, 11) is 0. The molecule has 5 heteroatoms. The van der Waals surface area contributed by atoms with Gasteiger partial charge < -0.3 is 0 Å². The molecule has 12 rings (SSSR count). The first-order valence-corrected chi connectivity index (χ1v) is 33.1. The van der Waals surface area contributed by atoms with Crippen molar-refractivity contribution in [2.24, 2.45) is 47.3 Å². The number of hydrogen-bond donors (Lipinski definition) is 2. The van der Waals surface area contributed by atoms with E-state index in [1.54, 1.807) is 51.4 Å². The second-order valence-corrected chi connectivity index (χ2v) is 28.2. The monoisotopic (exact) mass is 950 g/mol. The Kier molecular flexibility index (Phi) is 17.1. The van der Waals surface area contributed by atoms with Crippen LogP contribution in [0.25, 0.3) is 0 Å². The van der Waals surface area contributed by atoms with Crippen molar-refractivity contribution in [2.45, 2.75) is 356 Å². The molecule has 12 aliphatic rings. The molecule has 2 saturated heterocycles. The Morgan fingerprint density at radius 1 is 0.261 bits per heavy atom. The van der Waals surface area contributed by atoms with Crippen LogP contribution in [-0.2, 0) is 0 Å². The van der Waals surface area contributed by atoms with Gasteiger partial charge in [0.2, 0.25) is 0 Å². The molecule has 0 aromatic carbocycles. The zero-order valence-corrected chi connectivity index (χ0v) is 45.1. The van der Waals surface area contributed by atoms with Crippen molar-refractivity contribution in [3.05, 3.63) is 0 Å². The van der Waals surface area contributed by atoms with E-state index in [-0.39, 0.29) is 0 Å². The summed E-state index contributed by atoms with van der Waals surface area (Å²) in [6.45, 7) is 0. The highest BCUT2D eigenvalue weighted by molar-refractivity contribution is 5.10. The van der Waals surface area contributed by atoms with Gasteiger partial charge in [-0.25, -0.2) is 0 Å². The first-order valence-electron chi connectivity index (χ1n) is 33.1. The summed E-state index contributed by atoms with van der Waals surface area (Å²) in [4.78, 5) is 9.90. The van der Waals surface area contributed by atoms with Crippen LogP contribution in [0.5, 0.6) is 0 Å². The van der Waals surface area contributed by atoms with Crippen LogP contribution in [0.2, 0.25) is 0 Å². The maximum atomic E-state index is 4.59. The minimum Gasteiger partial charge on any atom is -0.298 e. The fourth-order valence-corrected chi connectivity index (χ4v) is 21.4. The lowest BCUT2D eigenvalue weighted by atomic mass is 9.62. The van der Waals surface area contributed by atoms with Crippen molar-refractivity contribution >= 4 is 0 Å². The Hall–Kier alpha value is -0.200. The van der Waals surface area contributed by atoms with Gasteiger partial charge in [0.15, 0.2) is 0 Å².